The summed E-state index contributed by atoms with van der Waals surface area (Å²) in [5.74, 6) is 1.56. The van der Waals surface area contributed by atoms with Crippen LogP contribution < -0.4 is 9.47 Å². The number of benzene rings is 2. The number of carbonyl (C=O) groups excluding carboxylic acids is 1. The number of unbranched alkanes of at least 4 members (excludes halogenated alkanes) is 2. The molecule has 4 heteroatoms. The van der Waals surface area contributed by atoms with Gasteiger partial charge in [0.2, 0.25) is 0 Å². The fraction of sp³-hybridized carbons (Fsp3) is 0.375. The van der Waals surface area contributed by atoms with E-state index in [-0.39, 0.29) is 11.5 Å². The smallest absolute Gasteiger partial charge is 0.185 e. The van der Waals surface area contributed by atoms with Crippen molar-refractivity contribution in [3.05, 3.63) is 59.2 Å². The van der Waals surface area contributed by atoms with Crippen LogP contribution in [0.4, 0.5) is 0 Å². The van der Waals surface area contributed by atoms with Gasteiger partial charge in [-0.3, -0.25) is 4.79 Å². The molecule has 0 aliphatic heterocycles. The van der Waals surface area contributed by atoms with Crippen LogP contribution in [-0.4, -0.2) is 24.1 Å². The lowest BCUT2D eigenvalue weighted by Gasteiger charge is -2.14. The van der Waals surface area contributed by atoms with Gasteiger partial charge in [-0.2, -0.15) is 0 Å². The number of rotatable bonds is 11. The van der Waals surface area contributed by atoms with Crippen molar-refractivity contribution >= 4 is 11.9 Å². The molecular weight excluding hydrogens is 352 g/mol. The number of hydrogen-bond acceptors (Lipinski definition) is 4. The Balaban J connectivity index is 2.23. The van der Waals surface area contributed by atoms with Crippen LogP contribution in [0.15, 0.2) is 42.5 Å². The van der Waals surface area contributed by atoms with Gasteiger partial charge in [-0.1, -0.05) is 32.8 Å². The van der Waals surface area contributed by atoms with Gasteiger partial charge in [-0.05, 0) is 67.3 Å². The van der Waals surface area contributed by atoms with Crippen molar-refractivity contribution in [2.75, 3.05) is 13.2 Å². The molecule has 0 amide bonds. The van der Waals surface area contributed by atoms with E-state index < -0.39 is 0 Å². The van der Waals surface area contributed by atoms with Gasteiger partial charge in [0.15, 0.2) is 5.78 Å². The maximum atomic E-state index is 12.4. The molecule has 0 saturated heterocycles. The second-order valence-electron chi connectivity index (χ2n) is 6.78. The molecule has 0 spiro atoms. The normalized spacial score (nSPS) is 11.0. The molecule has 28 heavy (non-hydrogen) atoms. The lowest BCUT2D eigenvalue weighted by molar-refractivity contribution is 0.104. The first kappa shape index (κ1) is 21.5. The predicted molar refractivity (Wildman–Crippen MR) is 113 cm³/mol. The van der Waals surface area contributed by atoms with E-state index in [1.165, 1.54) is 12.1 Å². The van der Waals surface area contributed by atoms with E-state index >= 15 is 0 Å². The van der Waals surface area contributed by atoms with Gasteiger partial charge >= 0.3 is 0 Å². The summed E-state index contributed by atoms with van der Waals surface area (Å²) in [6.45, 7) is 7.56. The number of carbonyl (C=O) groups is 1. The van der Waals surface area contributed by atoms with E-state index in [1.807, 2.05) is 19.1 Å². The van der Waals surface area contributed by atoms with E-state index in [1.54, 1.807) is 24.3 Å². The van der Waals surface area contributed by atoms with Crippen molar-refractivity contribution in [3.63, 3.8) is 0 Å². The fourth-order valence-corrected chi connectivity index (χ4v) is 2.64. The third-order valence-electron chi connectivity index (χ3n) is 4.46. The van der Waals surface area contributed by atoms with Crippen molar-refractivity contribution in [1.82, 2.24) is 0 Å². The first-order valence-electron chi connectivity index (χ1n) is 9.96. The Labute approximate surface area is 167 Å². The Bertz CT molecular complexity index is 791. The topological polar surface area (TPSA) is 55.8 Å². The minimum Gasteiger partial charge on any atom is -0.508 e. The summed E-state index contributed by atoms with van der Waals surface area (Å²) < 4.78 is 11.8. The van der Waals surface area contributed by atoms with Crippen molar-refractivity contribution < 1.29 is 19.4 Å². The number of ketones is 1. The summed E-state index contributed by atoms with van der Waals surface area (Å²) in [5, 5.41) is 9.36. The summed E-state index contributed by atoms with van der Waals surface area (Å²) in [7, 11) is 0. The highest BCUT2D eigenvalue weighted by Crippen LogP contribution is 2.30. The number of ether oxygens (including phenoxy) is 2. The molecule has 1 N–H and O–H groups in total. The van der Waals surface area contributed by atoms with Crippen LogP contribution in [0.3, 0.4) is 0 Å². The molecule has 0 saturated carbocycles. The molecule has 0 aliphatic carbocycles. The third kappa shape index (κ3) is 6.45. The van der Waals surface area contributed by atoms with Crippen LogP contribution in [0.1, 0.15) is 61.0 Å². The summed E-state index contributed by atoms with van der Waals surface area (Å²) in [6, 6.07) is 10.1. The number of hydrogen-bond donors (Lipinski definition) is 1. The molecule has 150 valence electrons. The molecule has 0 radical (unpaired) electrons. The highest BCUT2D eigenvalue weighted by atomic mass is 16.5. The molecule has 2 aromatic carbocycles. The van der Waals surface area contributed by atoms with E-state index in [9.17, 15) is 9.90 Å². The Kier molecular flexibility index (Phi) is 8.60. The molecule has 0 fully saturated rings. The van der Waals surface area contributed by atoms with E-state index in [4.69, 9.17) is 9.47 Å². The predicted octanol–water partition coefficient (Wildman–Crippen LogP) is 5.95. The van der Waals surface area contributed by atoms with Crippen LogP contribution in [0, 0.1) is 6.92 Å². The number of phenolic OH excluding ortho intramolecular Hbond substituents is 1. The van der Waals surface area contributed by atoms with Crippen molar-refractivity contribution in [2.24, 2.45) is 0 Å². The fourth-order valence-electron chi connectivity index (χ4n) is 2.64. The molecule has 0 bridgehead atoms. The van der Waals surface area contributed by atoms with Gasteiger partial charge in [0, 0.05) is 11.6 Å². The SMILES string of the molecule is CCCCOc1cc(C=CC(=O)c2ccc(O)cc2)c(C)c(OCCCC)c1. The molecule has 0 atom stereocenters. The zero-order chi connectivity index (χ0) is 20.4. The van der Waals surface area contributed by atoms with E-state index in [0.29, 0.717) is 18.8 Å². The number of phenols is 1. The molecule has 2 aromatic rings. The molecule has 0 aromatic heterocycles. The maximum Gasteiger partial charge on any atom is 0.185 e. The lowest BCUT2D eigenvalue weighted by Crippen LogP contribution is -2.02. The monoisotopic (exact) mass is 382 g/mol. The van der Waals surface area contributed by atoms with Crippen LogP contribution in [0.5, 0.6) is 17.2 Å². The second kappa shape index (κ2) is 11.2. The highest BCUT2D eigenvalue weighted by molar-refractivity contribution is 6.07. The summed E-state index contributed by atoms with van der Waals surface area (Å²) in [5.41, 5.74) is 2.41. The summed E-state index contributed by atoms with van der Waals surface area (Å²) in [4.78, 5) is 12.4. The van der Waals surface area contributed by atoms with Crippen LogP contribution in [0.25, 0.3) is 6.08 Å². The molecule has 0 heterocycles. The summed E-state index contributed by atoms with van der Waals surface area (Å²) >= 11 is 0. The van der Waals surface area contributed by atoms with Crippen molar-refractivity contribution in [3.8, 4) is 17.2 Å². The Morgan fingerprint density at radius 1 is 1.00 bits per heavy atom. The summed E-state index contributed by atoms with van der Waals surface area (Å²) in [6.07, 6.45) is 7.46. The van der Waals surface area contributed by atoms with Crippen molar-refractivity contribution in [1.29, 1.82) is 0 Å². The van der Waals surface area contributed by atoms with Crippen molar-refractivity contribution in [2.45, 2.75) is 46.5 Å². The lowest BCUT2D eigenvalue weighted by atomic mass is 10.0. The quantitative estimate of drug-likeness (QED) is 0.296. The number of allylic oxidation sites excluding steroid dienone is 1. The van der Waals surface area contributed by atoms with E-state index in [0.717, 1.165) is 48.3 Å². The first-order valence-corrected chi connectivity index (χ1v) is 9.96. The molecule has 0 unspecified atom stereocenters. The van der Waals surface area contributed by atoms with Crippen LogP contribution in [-0.2, 0) is 0 Å². The second-order valence-corrected chi connectivity index (χ2v) is 6.78. The minimum absolute atomic E-state index is 0.120. The average Bonchev–Trinajstić information content (AvgIpc) is 2.69. The Hall–Kier alpha value is -2.75. The van der Waals surface area contributed by atoms with Gasteiger partial charge in [-0.15, -0.1) is 0 Å². The molecule has 4 nitrogen and oxygen atoms in total. The average molecular weight is 383 g/mol. The van der Waals surface area contributed by atoms with Crippen LogP contribution >= 0.6 is 0 Å². The molecule has 2 rings (SSSR count). The Morgan fingerprint density at radius 3 is 2.29 bits per heavy atom. The zero-order valence-electron chi connectivity index (χ0n) is 17.0. The van der Waals surface area contributed by atoms with Gasteiger partial charge < -0.3 is 14.6 Å². The van der Waals surface area contributed by atoms with Gasteiger partial charge in [0.05, 0.1) is 13.2 Å². The third-order valence-corrected chi connectivity index (χ3v) is 4.46. The number of aromatic hydroxyl groups is 1. The standard InChI is InChI=1S/C24H30O4/c1-4-6-14-27-22-16-20(18(3)24(17-22)28-15-7-5-2)10-13-23(26)19-8-11-21(25)12-9-19/h8-13,16-17,25H,4-7,14-15H2,1-3H3. The maximum absolute atomic E-state index is 12.4. The first-order chi connectivity index (χ1) is 13.5. The molecule has 0 aliphatic rings. The zero-order valence-corrected chi connectivity index (χ0v) is 17.0. The van der Waals surface area contributed by atoms with Gasteiger partial charge in [0.1, 0.15) is 17.2 Å². The largest absolute Gasteiger partial charge is 0.508 e. The molecular formula is C24H30O4. The minimum atomic E-state index is -0.120. The highest BCUT2D eigenvalue weighted by Gasteiger charge is 2.09. The van der Waals surface area contributed by atoms with Crippen LogP contribution in [0.2, 0.25) is 0 Å². The van der Waals surface area contributed by atoms with Gasteiger partial charge in [0.25, 0.3) is 0 Å². The van der Waals surface area contributed by atoms with E-state index in [2.05, 4.69) is 13.8 Å². The van der Waals surface area contributed by atoms with Gasteiger partial charge in [-0.25, -0.2) is 0 Å². The Morgan fingerprint density at radius 2 is 1.64 bits per heavy atom.